The Balaban J connectivity index is 1.81. The summed E-state index contributed by atoms with van der Waals surface area (Å²) in [5.41, 5.74) is 6.90. The summed E-state index contributed by atoms with van der Waals surface area (Å²) in [6, 6.07) is 18.8. The first-order valence-electron chi connectivity index (χ1n) is 11.5. The van der Waals surface area contributed by atoms with Crippen LogP contribution in [0.5, 0.6) is 5.75 Å². The fourth-order valence-electron chi connectivity index (χ4n) is 4.19. The van der Waals surface area contributed by atoms with Crippen molar-refractivity contribution < 1.29 is 14.3 Å². The summed E-state index contributed by atoms with van der Waals surface area (Å²) in [6.45, 7) is 11.9. The van der Waals surface area contributed by atoms with E-state index in [1.54, 1.807) is 24.3 Å². The van der Waals surface area contributed by atoms with Gasteiger partial charge in [-0.2, -0.15) is 0 Å². The number of carbonyl (C=O) groups is 2. The van der Waals surface area contributed by atoms with Crippen LogP contribution >= 0.6 is 0 Å². The van der Waals surface area contributed by atoms with Gasteiger partial charge in [0.05, 0.1) is 17.4 Å². The van der Waals surface area contributed by atoms with E-state index in [2.05, 4.69) is 5.32 Å². The van der Waals surface area contributed by atoms with Crippen LogP contribution < -0.4 is 15.0 Å². The second-order valence-corrected chi connectivity index (χ2v) is 9.05. The van der Waals surface area contributed by atoms with Crippen molar-refractivity contribution in [3.05, 3.63) is 94.2 Å². The van der Waals surface area contributed by atoms with Crippen molar-refractivity contribution in [2.45, 2.75) is 47.6 Å². The zero-order valence-corrected chi connectivity index (χ0v) is 20.5. The Kier molecular flexibility index (Phi) is 6.29. The molecular formula is C29H30N2O3. The van der Waals surface area contributed by atoms with E-state index in [1.165, 1.54) is 4.90 Å². The molecule has 0 aromatic heterocycles. The largest absolute Gasteiger partial charge is 0.491 e. The summed E-state index contributed by atoms with van der Waals surface area (Å²) in [5.74, 6) is -0.0326. The molecular weight excluding hydrogens is 424 g/mol. The second kappa shape index (κ2) is 9.18. The van der Waals surface area contributed by atoms with Crippen LogP contribution in [-0.4, -0.2) is 17.9 Å². The van der Waals surface area contributed by atoms with Gasteiger partial charge in [-0.3, -0.25) is 9.59 Å². The number of imide groups is 1. The topological polar surface area (TPSA) is 58.6 Å². The van der Waals surface area contributed by atoms with Crippen LogP contribution in [0.25, 0.3) is 5.57 Å². The van der Waals surface area contributed by atoms with Gasteiger partial charge in [-0.1, -0.05) is 35.9 Å². The normalized spacial score (nSPS) is 13.8. The number of aryl methyl sites for hydroxylation is 3. The van der Waals surface area contributed by atoms with Crippen molar-refractivity contribution in [1.29, 1.82) is 0 Å². The average molecular weight is 455 g/mol. The minimum absolute atomic E-state index is 0.0343. The fourth-order valence-corrected chi connectivity index (χ4v) is 4.19. The molecule has 3 aromatic carbocycles. The lowest BCUT2D eigenvalue weighted by molar-refractivity contribution is -0.120. The Bertz CT molecular complexity index is 1300. The number of benzene rings is 3. The third-order valence-electron chi connectivity index (χ3n) is 6.07. The van der Waals surface area contributed by atoms with Crippen molar-refractivity contribution in [3.8, 4) is 5.75 Å². The van der Waals surface area contributed by atoms with E-state index in [0.717, 1.165) is 33.5 Å². The highest BCUT2D eigenvalue weighted by Crippen LogP contribution is 2.36. The number of amides is 2. The van der Waals surface area contributed by atoms with Crippen molar-refractivity contribution in [3.63, 3.8) is 0 Å². The Morgan fingerprint density at radius 2 is 1.53 bits per heavy atom. The van der Waals surface area contributed by atoms with Crippen LogP contribution in [0, 0.1) is 27.7 Å². The van der Waals surface area contributed by atoms with Crippen molar-refractivity contribution in [1.82, 2.24) is 0 Å². The summed E-state index contributed by atoms with van der Waals surface area (Å²) in [6.07, 6.45) is 0.0343. The van der Waals surface area contributed by atoms with Gasteiger partial charge in [-0.15, -0.1) is 0 Å². The highest BCUT2D eigenvalue weighted by molar-refractivity contribution is 6.46. The molecule has 1 heterocycles. The highest BCUT2D eigenvalue weighted by atomic mass is 16.5. The van der Waals surface area contributed by atoms with E-state index in [1.807, 2.05) is 77.9 Å². The summed E-state index contributed by atoms with van der Waals surface area (Å²) in [4.78, 5) is 28.7. The lowest BCUT2D eigenvalue weighted by Gasteiger charge is -2.17. The predicted octanol–water partition coefficient (Wildman–Crippen LogP) is 6.10. The zero-order chi connectivity index (χ0) is 24.6. The van der Waals surface area contributed by atoms with Crippen LogP contribution in [0.1, 0.15) is 41.7 Å². The molecule has 0 saturated heterocycles. The molecule has 34 heavy (non-hydrogen) atoms. The average Bonchev–Trinajstić information content (AvgIpc) is 3.01. The molecule has 0 spiro atoms. The number of carbonyl (C=O) groups excluding carboxylic acids is 2. The number of nitrogens with one attached hydrogen (secondary N) is 1. The molecule has 0 aliphatic carbocycles. The number of hydrogen-bond donors (Lipinski definition) is 1. The van der Waals surface area contributed by atoms with Gasteiger partial charge in [0.15, 0.2) is 0 Å². The summed E-state index contributed by atoms with van der Waals surface area (Å²) in [5, 5.41) is 3.30. The van der Waals surface area contributed by atoms with Crippen molar-refractivity contribution in [2.75, 3.05) is 10.2 Å². The highest BCUT2D eigenvalue weighted by Gasteiger charge is 2.40. The van der Waals surface area contributed by atoms with Gasteiger partial charge in [0.1, 0.15) is 11.4 Å². The van der Waals surface area contributed by atoms with Crippen molar-refractivity contribution >= 4 is 28.8 Å². The molecule has 0 atom stereocenters. The Hall–Kier alpha value is -3.86. The first-order valence-corrected chi connectivity index (χ1v) is 11.5. The van der Waals surface area contributed by atoms with Gasteiger partial charge in [0.2, 0.25) is 0 Å². The van der Waals surface area contributed by atoms with Gasteiger partial charge in [-0.05, 0) is 94.1 Å². The van der Waals surface area contributed by atoms with Gasteiger partial charge in [0.25, 0.3) is 11.8 Å². The van der Waals surface area contributed by atoms with E-state index < -0.39 is 0 Å². The van der Waals surface area contributed by atoms with Gasteiger partial charge in [0, 0.05) is 5.69 Å². The molecule has 0 fully saturated rings. The molecule has 3 aromatic rings. The van der Waals surface area contributed by atoms with Crippen LogP contribution in [-0.2, 0) is 9.59 Å². The maximum atomic E-state index is 13.7. The molecule has 4 rings (SSSR count). The smallest absolute Gasteiger partial charge is 0.282 e. The second-order valence-electron chi connectivity index (χ2n) is 9.05. The van der Waals surface area contributed by atoms with E-state index in [-0.39, 0.29) is 23.6 Å². The Morgan fingerprint density at radius 3 is 2.18 bits per heavy atom. The maximum Gasteiger partial charge on any atom is 0.282 e. The lowest BCUT2D eigenvalue weighted by Crippen LogP contribution is -2.32. The van der Waals surface area contributed by atoms with E-state index in [4.69, 9.17) is 4.74 Å². The first-order chi connectivity index (χ1) is 16.2. The first kappa shape index (κ1) is 23.3. The minimum atomic E-state index is -0.376. The molecule has 5 nitrogen and oxygen atoms in total. The molecule has 2 amide bonds. The quantitative estimate of drug-likeness (QED) is 0.457. The van der Waals surface area contributed by atoms with Crippen LogP contribution in [0.4, 0.5) is 11.4 Å². The Morgan fingerprint density at radius 1 is 0.824 bits per heavy atom. The minimum Gasteiger partial charge on any atom is -0.491 e. The van der Waals surface area contributed by atoms with Crippen LogP contribution in [0.2, 0.25) is 0 Å². The molecule has 5 heteroatoms. The SMILES string of the molecule is Cc1ccc(C2=C(Nc3cccc(C)c3C)C(=O)N(c3ccc(OC(C)C)cc3)C2=O)c(C)c1. The predicted molar refractivity (Wildman–Crippen MR) is 137 cm³/mol. The lowest BCUT2D eigenvalue weighted by atomic mass is 9.97. The number of anilines is 2. The molecule has 1 N–H and O–H groups in total. The maximum absolute atomic E-state index is 13.7. The van der Waals surface area contributed by atoms with Gasteiger partial charge >= 0.3 is 0 Å². The molecule has 0 unspecified atom stereocenters. The summed E-state index contributed by atoms with van der Waals surface area (Å²) in [7, 11) is 0. The van der Waals surface area contributed by atoms with E-state index in [0.29, 0.717) is 17.0 Å². The molecule has 0 saturated carbocycles. The monoisotopic (exact) mass is 454 g/mol. The molecule has 174 valence electrons. The number of nitrogens with zero attached hydrogens (tertiary/aromatic N) is 1. The van der Waals surface area contributed by atoms with Gasteiger partial charge in [-0.25, -0.2) is 4.90 Å². The van der Waals surface area contributed by atoms with Crippen molar-refractivity contribution in [2.24, 2.45) is 0 Å². The molecule has 1 aliphatic rings. The zero-order valence-electron chi connectivity index (χ0n) is 20.5. The molecule has 0 bridgehead atoms. The molecule has 1 aliphatic heterocycles. The number of rotatable bonds is 6. The van der Waals surface area contributed by atoms with Crippen LogP contribution in [0.15, 0.2) is 66.4 Å². The third kappa shape index (κ3) is 4.34. The summed E-state index contributed by atoms with van der Waals surface area (Å²) < 4.78 is 5.72. The molecule has 0 radical (unpaired) electrons. The number of hydrogen-bond acceptors (Lipinski definition) is 4. The summed E-state index contributed by atoms with van der Waals surface area (Å²) >= 11 is 0. The third-order valence-corrected chi connectivity index (χ3v) is 6.07. The van der Waals surface area contributed by atoms with Crippen LogP contribution in [0.3, 0.4) is 0 Å². The fraction of sp³-hybridized carbons (Fsp3) is 0.241. The van der Waals surface area contributed by atoms with E-state index >= 15 is 0 Å². The van der Waals surface area contributed by atoms with E-state index in [9.17, 15) is 9.59 Å². The van der Waals surface area contributed by atoms with Gasteiger partial charge < -0.3 is 10.1 Å². The Labute approximate surface area is 201 Å². The standard InChI is InChI=1S/C29H30N2O3/c1-17(2)34-23-13-11-22(12-14-23)31-28(32)26(24-15-10-18(3)16-20(24)5)27(29(31)33)30-25-9-7-8-19(4)21(25)6/h7-17,30H,1-6H3. The number of ether oxygens (including phenoxy) is 1.